The number of carbonyl (C=O) groups is 2. The summed E-state index contributed by atoms with van der Waals surface area (Å²) >= 11 is 6.14. The highest BCUT2D eigenvalue weighted by atomic mass is 35.5. The van der Waals surface area contributed by atoms with Crippen LogP contribution in [0.1, 0.15) is 89.1 Å². The van der Waals surface area contributed by atoms with E-state index in [-0.39, 0.29) is 51.8 Å². The molecular weight excluding hydrogens is 633 g/mol. The zero-order valence-corrected chi connectivity index (χ0v) is 27.5. The fraction of sp³-hybridized carbons (Fsp3) is 0.581. The Kier molecular flexibility index (Phi) is 8.38. The van der Waals surface area contributed by atoms with Crippen molar-refractivity contribution in [2.75, 3.05) is 6.54 Å². The second-order valence-corrected chi connectivity index (χ2v) is 17.0. The van der Waals surface area contributed by atoms with Gasteiger partial charge in [0.2, 0.25) is 0 Å². The van der Waals surface area contributed by atoms with Gasteiger partial charge >= 0.3 is 12.6 Å². The van der Waals surface area contributed by atoms with Crippen molar-refractivity contribution in [2.24, 2.45) is 14.8 Å². The highest BCUT2D eigenvalue weighted by Crippen LogP contribution is 2.59. The number of ether oxygens (including phenoxy) is 2. The Hall–Kier alpha value is -3.06. The molecular formula is C31H36ClF3N4O5S. The summed E-state index contributed by atoms with van der Waals surface area (Å²) in [7, 11) is -3.13. The van der Waals surface area contributed by atoms with Gasteiger partial charge < -0.3 is 9.47 Å². The zero-order chi connectivity index (χ0) is 33.2. The van der Waals surface area contributed by atoms with E-state index in [2.05, 4.69) is 14.7 Å². The average molecular weight is 669 g/mol. The van der Waals surface area contributed by atoms with Crippen molar-refractivity contribution in [1.82, 2.24) is 9.97 Å². The monoisotopic (exact) mass is 668 g/mol. The molecule has 1 saturated carbocycles. The first kappa shape index (κ1) is 33.3. The number of ketones is 1. The van der Waals surface area contributed by atoms with Crippen molar-refractivity contribution in [3.05, 3.63) is 52.3 Å². The summed E-state index contributed by atoms with van der Waals surface area (Å²) in [5, 5.41) is -0.915. The summed E-state index contributed by atoms with van der Waals surface area (Å²) < 4.78 is 69.5. The van der Waals surface area contributed by atoms with E-state index < -0.39 is 55.0 Å². The summed E-state index contributed by atoms with van der Waals surface area (Å²) in [5.41, 5.74) is -2.25. The van der Waals surface area contributed by atoms with E-state index >= 15 is 8.60 Å². The Labute approximate surface area is 265 Å². The van der Waals surface area contributed by atoms with Gasteiger partial charge in [-0.3, -0.25) is 19.6 Å². The van der Waals surface area contributed by atoms with E-state index in [1.54, 1.807) is 41.5 Å². The van der Waals surface area contributed by atoms with Crippen LogP contribution in [0, 0.1) is 11.2 Å². The molecule has 3 atom stereocenters. The SMILES string of the molecule is CC(C)(C)OC(=O)CC1=N[C@](C)(c2nc(CC(=O)c3ncc(OC(F)F)cc3Cl)ccc2F)[C@H]2CC3(CC3)CN=[S@]2(=O)C1(C)C. The maximum Gasteiger partial charge on any atom is 0.387 e. The third kappa shape index (κ3) is 6.34. The first-order chi connectivity index (χ1) is 20.8. The Morgan fingerprint density at radius 1 is 1.16 bits per heavy atom. The van der Waals surface area contributed by atoms with Gasteiger partial charge in [-0.1, -0.05) is 11.6 Å². The zero-order valence-electron chi connectivity index (χ0n) is 26.0. The second-order valence-electron chi connectivity index (χ2n) is 13.6. The standard InChI is InChI=1S/C31H36ClF3N4O5S/c1-28(2,3)44-24(41)13-22-29(4,5)45(42)23(14-31(9-10-31)16-37-45)30(6,39-22)26-20(33)8-7-17(38-26)11-21(40)25-19(32)12-18(15-36-25)43-27(34)35/h7-8,12,15,23,27H,9-11,13-14,16H2,1-6H3/t23-,30+,45-/m1/s1. The lowest BCUT2D eigenvalue weighted by atomic mass is 9.84. The van der Waals surface area contributed by atoms with Crippen LogP contribution in [0.4, 0.5) is 13.2 Å². The predicted molar refractivity (Wildman–Crippen MR) is 163 cm³/mol. The molecule has 3 aliphatic rings. The van der Waals surface area contributed by atoms with Crippen LogP contribution in [0.2, 0.25) is 5.02 Å². The van der Waals surface area contributed by atoms with Gasteiger partial charge in [-0.2, -0.15) is 8.78 Å². The summed E-state index contributed by atoms with van der Waals surface area (Å²) in [5.74, 6) is -2.17. The van der Waals surface area contributed by atoms with Gasteiger partial charge in [0.1, 0.15) is 34.1 Å². The van der Waals surface area contributed by atoms with Crippen LogP contribution in [0.5, 0.6) is 5.75 Å². The van der Waals surface area contributed by atoms with Gasteiger partial charge in [-0.05, 0) is 78.4 Å². The summed E-state index contributed by atoms with van der Waals surface area (Å²) in [6.45, 7) is 7.73. The van der Waals surface area contributed by atoms with Crippen molar-refractivity contribution in [2.45, 2.75) is 101 Å². The van der Waals surface area contributed by atoms with Crippen molar-refractivity contribution in [3.63, 3.8) is 0 Å². The Morgan fingerprint density at radius 3 is 2.44 bits per heavy atom. The van der Waals surface area contributed by atoms with Gasteiger partial charge in [0.05, 0.1) is 50.3 Å². The number of nitrogens with zero attached hydrogens (tertiary/aromatic N) is 4. The molecule has 0 saturated heterocycles. The first-order valence-electron chi connectivity index (χ1n) is 14.6. The quantitative estimate of drug-likeness (QED) is 0.233. The number of hydrogen-bond donors (Lipinski definition) is 0. The van der Waals surface area contributed by atoms with E-state index in [1.165, 1.54) is 12.1 Å². The average Bonchev–Trinajstić information content (AvgIpc) is 3.67. The van der Waals surface area contributed by atoms with Crippen LogP contribution < -0.4 is 4.74 Å². The molecule has 4 heterocycles. The van der Waals surface area contributed by atoms with E-state index in [0.29, 0.717) is 13.0 Å². The largest absolute Gasteiger partial charge is 0.460 e. The molecule has 14 heteroatoms. The Morgan fingerprint density at radius 2 is 1.84 bits per heavy atom. The molecule has 1 fully saturated rings. The lowest BCUT2D eigenvalue weighted by molar-refractivity contribution is -0.153. The van der Waals surface area contributed by atoms with Gasteiger partial charge in [0, 0.05) is 17.5 Å². The second kappa shape index (κ2) is 11.3. The molecule has 1 aliphatic carbocycles. The molecule has 244 valence electrons. The summed E-state index contributed by atoms with van der Waals surface area (Å²) in [6, 6.07) is 3.56. The Balaban J connectivity index is 1.56. The van der Waals surface area contributed by atoms with Gasteiger partial charge in [-0.15, -0.1) is 0 Å². The number of carbonyl (C=O) groups excluding carboxylic acids is 2. The highest BCUT2D eigenvalue weighted by molar-refractivity contribution is 7.96. The predicted octanol–water partition coefficient (Wildman–Crippen LogP) is 6.50. The number of hydrogen-bond acceptors (Lipinski definition) is 9. The van der Waals surface area contributed by atoms with E-state index in [4.69, 9.17) is 25.7 Å². The molecule has 45 heavy (non-hydrogen) atoms. The maximum atomic E-state index is 15.8. The van der Waals surface area contributed by atoms with Crippen LogP contribution in [0.15, 0.2) is 33.8 Å². The molecule has 2 aliphatic heterocycles. The maximum absolute atomic E-state index is 15.8. The van der Waals surface area contributed by atoms with E-state index in [0.717, 1.165) is 25.1 Å². The van der Waals surface area contributed by atoms with Crippen molar-refractivity contribution in [3.8, 4) is 5.75 Å². The normalized spacial score (nSPS) is 26.5. The van der Waals surface area contributed by atoms with Crippen LogP contribution in [0.25, 0.3) is 0 Å². The number of fused-ring (bicyclic) bond motifs is 1. The number of rotatable bonds is 8. The minimum Gasteiger partial charge on any atom is -0.460 e. The molecule has 0 bridgehead atoms. The van der Waals surface area contributed by atoms with Crippen LogP contribution in [0.3, 0.4) is 0 Å². The number of alkyl halides is 2. The molecule has 1 spiro atoms. The molecule has 0 radical (unpaired) electrons. The highest BCUT2D eigenvalue weighted by Gasteiger charge is 2.62. The number of esters is 1. The summed E-state index contributed by atoms with van der Waals surface area (Å²) in [6.07, 6.45) is 2.66. The fourth-order valence-corrected chi connectivity index (χ4v) is 9.83. The number of Topliss-reactive ketones (excluding diaryl/α,β-unsaturated/α-hetero) is 1. The van der Waals surface area contributed by atoms with Gasteiger partial charge in [-0.25, -0.2) is 17.9 Å². The van der Waals surface area contributed by atoms with Gasteiger partial charge in [0.25, 0.3) is 0 Å². The molecule has 0 N–H and O–H groups in total. The third-order valence-electron chi connectivity index (χ3n) is 8.74. The summed E-state index contributed by atoms with van der Waals surface area (Å²) in [4.78, 5) is 39.6. The van der Waals surface area contributed by atoms with Crippen molar-refractivity contribution < 1.29 is 36.4 Å². The molecule has 9 nitrogen and oxygen atoms in total. The van der Waals surface area contributed by atoms with E-state index in [1.807, 2.05) is 0 Å². The van der Waals surface area contributed by atoms with Crippen LogP contribution >= 0.6 is 11.6 Å². The smallest absolute Gasteiger partial charge is 0.387 e. The molecule has 2 aromatic heterocycles. The van der Waals surface area contributed by atoms with Crippen molar-refractivity contribution >= 4 is 38.8 Å². The topological polar surface area (TPSA) is 120 Å². The minimum absolute atomic E-state index is 0.115. The van der Waals surface area contributed by atoms with Crippen molar-refractivity contribution in [1.29, 1.82) is 0 Å². The number of halogens is 4. The minimum atomic E-state index is -3.13. The fourth-order valence-electron chi connectivity index (χ4n) is 6.06. The van der Waals surface area contributed by atoms with Crippen LogP contribution in [-0.2, 0) is 31.2 Å². The number of aromatic nitrogens is 2. The van der Waals surface area contributed by atoms with Crippen LogP contribution in [-0.4, -0.2) is 60.4 Å². The third-order valence-corrected chi connectivity index (χ3v) is 12.6. The molecule has 0 unspecified atom stereocenters. The molecule has 5 rings (SSSR count). The Bertz CT molecular complexity index is 1710. The molecule has 0 amide bonds. The van der Waals surface area contributed by atoms with Gasteiger partial charge in [0.15, 0.2) is 5.78 Å². The number of pyridine rings is 2. The molecule has 0 aromatic carbocycles. The first-order valence-corrected chi connectivity index (χ1v) is 16.6. The lowest BCUT2D eigenvalue weighted by Crippen LogP contribution is -2.60. The lowest BCUT2D eigenvalue weighted by Gasteiger charge is -2.50. The number of aliphatic imine (C=N–C) groups is 1. The molecule has 2 aromatic rings. The van der Waals surface area contributed by atoms with E-state index in [9.17, 15) is 18.4 Å².